The molecule has 0 atom stereocenters. The number of allylic oxidation sites excluding steroid dienone is 7. The van der Waals surface area contributed by atoms with Crippen molar-refractivity contribution in [3.05, 3.63) is 99.9 Å². The minimum atomic E-state index is -0.620. The summed E-state index contributed by atoms with van der Waals surface area (Å²) >= 11 is 0.902. The largest absolute Gasteiger partial charge is 0.691 e. The Morgan fingerprint density at radius 3 is 2.41 bits per heavy atom. The Labute approximate surface area is 296 Å². The molecular formula is C40H51N3O5S. The highest BCUT2D eigenvalue weighted by Gasteiger charge is 2.44. The maximum absolute atomic E-state index is 13.5. The maximum Gasteiger partial charge on any atom is 0.414 e. The van der Waals surface area contributed by atoms with E-state index in [0.717, 1.165) is 76.7 Å². The van der Waals surface area contributed by atoms with Gasteiger partial charge in [0.25, 0.3) is 0 Å². The van der Waals surface area contributed by atoms with Gasteiger partial charge in [0.2, 0.25) is 5.69 Å². The van der Waals surface area contributed by atoms with Crippen molar-refractivity contribution in [1.29, 1.82) is 0 Å². The molecular weight excluding hydrogens is 635 g/mol. The molecule has 0 N–H and O–H groups in total. The molecule has 0 bridgehead atoms. The average Bonchev–Trinajstić information content (AvgIpc) is 3.61. The number of hydrogen-bond donors (Lipinski definition) is 0. The molecule has 0 radical (unpaired) electrons. The monoisotopic (exact) mass is 685 g/mol. The summed E-state index contributed by atoms with van der Waals surface area (Å²) in [5.74, 6) is 0. The van der Waals surface area contributed by atoms with Crippen molar-refractivity contribution >= 4 is 35.2 Å². The first-order valence-electron chi connectivity index (χ1n) is 17.2. The summed E-state index contributed by atoms with van der Waals surface area (Å²) in [6.45, 7) is 22.8. The molecule has 1 amide bonds. The van der Waals surface area contributed by atoms with Gasteiger partial charge in [-0.2, -0.15) is 8.91 Å². The van der Waals surface area contributed by atoms with E-state index in [0.29, 0.717) is 0 Å². The average molecular weight is 686 g/mol. The lowest BCUT2D eigenvalue weighted by Gasteiger charge is -2.27. The minimum absolute atomic E-state index is 0.160. The fraction of sp³-hybridized carbons (Fsp3) is 0.450. The number of rotatable bonds is 9. The Bertz CT molecular complexity index is 1790. The molecule has 9 heteroatoms. The molecule has 3 aliphatic rings. The zero-order valence-corrected chi connectivity index (χ0v) is 31.7. The first-order chi connectivity index (χ1) is 23.0. The first kappa shape index (κ1) is 36.6. The van der Waals surface area contributed by atoms with Crippen LogP contribution in [0.15, 0.2) is 88.1 Å². The van der Waals surface area contributed by atoms with Gasteiger partial charge in [-0.3, -0.25) is 9.94 Å². The van der Waals surface area contributed by atoms with Crippen molar-refractivity contribution in [3.63, 3.8) is 0 Å². The van der Waals surface area contributed by atoms with Crippen LogP contribution in [-0.4, -0.2) is 47.0 Å². The van der Waals surface area contributed by atoms with E-state index < -0.39 is 5.60 Å². The lowest BCUT2D eigenvalue weighted by molar-refractivity contribution is -0.777. The van der Waals surface area contributed by atoms with Crippen LogP contribution in [0.3, 0.4) is 0 Å². The summed E-state index contributed by atoms with van der Waals surface area (Å²) in [6, 6.07) is 12.8. The summed E-state index contributed by atoms with van der Waals surface area (Å²) in [4.78, 5) is 18.4. The summed E-state index contributed by atoms with van der Waals surface area (Å²) in [7, 11) is 1.81. The number of amides is 1. The first-order valence-corrected chi connectivity index (χ1v) is 17.9. The van der Waals surface area contributed by atoms with Gasteiger partial charge in [0.15, 0.2) is 5.71 Å². The molecule has 0 spiro atoms. The number of carbonyl (C=O) groups excluding carboxylic acids is 1. The van der Waals surface area contributed by atoms with E-state index in [9.17, 15) is 10.1 Å². The van der Waals surface area contributed by atoms with Crippen molar-refractivity contribution in [3.8, 4) is 0 Å². The molecule has 0 aromatic heterocycles. The topological polar surface area (TPSA) is 77.3 Å². The van der Waals surface area contributed by atoms with Gasteiger partial charge in [0, 0.05) is 53.0 Å². The van der Waals surface area contributed by atoms with E-state index in [-0.39, 0.29) is 16.9 Å². The van der Waals surface area contributed by atoms with Crippen LogP contribution < -0.4 is 10.2 Å². The Balaban J connectivity index is 1.57. The van der Waals surface area contributed by atoms with E-state index in [1.807, 2.05) is 33.9 Å². The van der Waals surface area contributed by atoms with Crippen LogP contribution >= 0.6 is 12.0 Å². The molecule has 49 heavy (non-hydrogen) atoms. The fourth-order valence-corrected chi connectivity index (χ4v) is 7.87. The number of hydrogen-bond acceptors (Lipinski definition) is 7. The molecule has 0 unspecified atom stereocenters. The molecule has 2 aromatic rings. The van der Waals surface area contributed by atoms with Crippen LogP contribution in [0.25, 0.3) is 0 Å². The quantitative estimate of drug-likeness (QED) is 0.113. The highest BCUT2D eigenvalue weighted by atomic mass is 32.2. The number of aryl methyl sites for hydroxylation is 1. The van der Waals surface area contributed by atoms with Crippen LogP contribution in [0.1, 0.15) is 91.8 Å². The normalized spacial score (nSPS) is 19.9. The van der Waals surface area contributed by atoms with E-state index in [1.54, 1.807) is 4.90 Å². The van der Waals surface area contributed by atoms with Gasteiger partial charge in [0.1, 0.15) is 12.1 Å². The molecule has 2 heterocycles. The lowest BCUT2D eigenvalue weighted by atomic mass is 9.81. The van der Waals surface area contributed by atoms with Crippen LogP contribution in [0, 0.1) is 6.92 Å². The summed E-state index contributed by atoms with van der Waals surface area (Å²) < 4.78 is 12.8. The van der Waals surface area contributed by atoms with Gasteiger partial charge < -0.3 is 14.9 Å². The van der Waals surface area contributed by atoms with Crippen LogP contribution in [0.5, 0.6) is 0 Å². The highest BCUT2D eigenvalue weighted by molar-refractivity contribution is 7.94. The standard InChI is InChI=1S/C40H51N3O5S/c1-12-42-32-20-14-26(3)24-30(32)39(7,8)34(42)22-17-27-15-16-28(36(27)41(11)37(44)46-38(4,5)6)18-23-35-40(9,10)31-25-29(49-48-47-45)19-21-33(31)43(35)13-2/h14,17-25H,12-13,15-16H2,1-11H3. The molecule has 2 aromatic carbocycles. The Morgan fingerprint density at radius 2 is 1.76 bits per heavy atom. The van der Waals surface area contributed by atoms with Crippen molar-refractivity contribution in [2.24, 2.45) is 0 Å². The van der Waals surface area contributed by atoms with Crippen molar-refractivity contribution < 1.29 is 28.7 Å². The Kier molecular flexibility index (Phi) is 10.4. The number of carbonyl (C=O) groups is 1. The molecule has 262 valence electrons. The maximum atomic E-state index is 13.5. The van der Waals surface area contributed by atoms with Crippen molar-refractivity contribution in [1.82, 2.24) is 4.90 Å². The molecule has 0 fully saturated rings. The Hall–Kier alpha value is -3.63. The number of anilines is 1. The van der Waals surface area contributed by atoms with Gasteiger partial charge in [-0.05, 0) is 109 Å². The molecule has 1 aliphatic carbocycles. The number of benzene rings is 2. The molecule has 8 nitrogen and oxygen atoms in total. The lowest BCUT2D eigenvalue weighted by Crippen LogP contribution is -2.34. The second kappa shape index (κ2) is 13.9. The summed E-state index contributed by atoms with van der Waals surface area (Å²) in [5.41, 5.74) is 10.5. The van der Waals surface area contributed by atoms with Gasteiger partial charge in [-0.15, -0.1) is 0 Å². The third-order valence-corrected chi connectivity index (χ3v) is 10.4. The zero-order valence-electron chi connectivity index (χ0n) is 30.9. The number of nitrogens with zero attached hydrogens (tertiary/aromatic N) is 3. The predicted molar refractivity (Wildman–Crippen MR) is 196 cm³/mol. The van der Waals surface area contributed by atoms with Gasteiger partial charge in [-0.1, -0.05) is 43.7 Å². The van der Waals surface area contributed by atoms with E-state index >= 15 is 0 Å². The smallest absolute Gasteiger partial charge is 0.414 e. The van der Waals surface area contributed by atoms with E-state index in [1.165, 1.54) is 22.5 Å². The third kappa shape index (κ3) is 7.04. The molecule has 0 saturated carbocycles. The number of ether oxygens (including phenoxy) is 1. The van der Waals surface area contributed by atoms with Crippen LogP contribution in [0.2, 0.25) is 0 Å². The van der Waals surface area contributed by atoms with E-state index in [4.69, 9.17) is 4.74 Å². The van der Waals surface area contributed by atoms with Crippen molar-refractivity contribution in [2.75, 3.05) is 25.0 Å². The molecule has 2 aliphatic heterocycles. The predicted octanol–water partition coefficient (Wildman–Crippen LogP) is 8.72. The summed E-state index contributed by atoms with van der Waals surface area (Å²) in [6.07, 6.45) is 10.1. The summed E-state index contributed by atoms with van der Waals surface area (Å²) in [5, 5.41) is 14.0. The fourth-order valence-electron chi connectivity index (χ4n) is 7.48. The third-order valence-electron chi connectivity index (χ3n) is 9.86. The van der Waals surface area contributed by atoms with Crippen LogP contribution in [0.4, 0.5) is 16.2 Å². The Morgan fingerprint density at radius 1 is 1.02 bits per heavy atom. The van der Waals surface area contributed by atoms with Crippen LogP contribution in [-0.2, 0) is 24.9 Å². The van der Waals surface area contributed by atoms with Gasteiger partial charge in [0.05, 0.1) is 23.2 Å². The highest BCUT2D eigenvalue weighted by Crippen LogP contribution is 2.48. The molecule has 5 rings (SSSR count). The second-order valence-electron chi connectivity index (χ2n) is 15.0. The minimum Gasteiger partial charge on any atom is -0.691 e. The number of likely N-dealkylation sites (N-methyl/N-ethyl adjacent to an activating group) is 2. The van der Waals surface area contributed by atoms with Gasteiger partial charge >= 0.3 is 6.09 Å². The second-order valence-corrected chi connectivity index (χ2v) is 15.8. The zero-order chi connectivity index (χ0) is 35.9. The van der Waals surface area contributed by atoms with Gasteiger partial charge in [-0.25, -0.2) is 4.79 Å². The van der Waals surface area contributed by atoms with Crippen molar-refractivity contribution in [2.45, 2.75) is 103 Å². The number of fused-ring (bicyclic) bond motifs is 2. The molecule has 0 saturated heterocycles. The van der Waals surface area contributed by atoms with E-state index in [2.05, 4.69) is 122 Å². The SMILES string of the molecule is CCN1/C(=C/C=C2CCC(/C=C/C3=[N+](CC)c4ccc(SOO[O-])cc4C3(C)C)=C2N(C)C(=O)OC(C)(C)C)C(C)(C)c2cc(C)ccc21.